The molecule has 1 aromatic carbocycles. The molecule has 0 spiro atoms. The molecule has 0 radical (unpaired) electrons. The second-order valence-electron chi connectivity index (χ2n) is 5.33. The van der Waals surface area contributed by atoms with E-state index in [0.717, 1.165) is 12.2 Å². The van der Waals surface area contributed by atoms with Crippen molar-refractivity contribution in [2.45, 2.75) is 34.2 Å². The van der Waals surface area contributed by atoms with Gasteiger partial charge in [0.25, 0.3) is 0 Å². The molecule has 0 aliphatic heterocycles. The van der Waals surface area contributed by atoms with E-state index < -0.39 is 0 Å². The summed E-state index contributed by atoms with van der Waals surface area (Å²) >= 11 is 0. The van der Waals surface area contributed by atoms with Crippen LogP contribution in [-0.2, 0) is 13.6 Å². The lowest BCUT2D eigenvalue weighted by atomic mass is 9.92. The summed E-state index contributed by atoms with van der Waals surface area (Å²) in [5, 5.41) is 7.83. The Hall–Kier alpha value is -1.61. The van der Waals surface area contributed by atoms with Crippen LogP contribution < -0.4 is 5.32 Å². The molecule has 0 aliphatic carbocycles. The molecule has 0 saturated heterocycles. The number of nitrogens with one attached hydrogen (secondary N) is 1. The van der Waals surface area contributed by atoms with Crippen molar-refractivity contribution in [2.24, 2.45) is 7.05 Å². The molecule has 2 aromatic rings. The first-order chi connectivity index (χ1) is 8.95. The summed E-state index contributed by atoms with van der Waals surface area (Å²) in [6.45, 7) is 9.44. The Bertz CT molecular complexity index is 586. The highest BCUT2D eigenvalue weighted by Crippen LogP contribution is 2.33. The number of rotatable bonds is 3. The Kier molecular flexibility index (Phi) is 3.76. The van der Waals surface area contributed by atoms with Crippen LogP contribution >= 0.6 is 0 Å². The number of hydrogen-bond acceptors (Lipinski definition) is 2. The second kappa shape index (κ2) is 5.17. The van der Waals surface area contributed by atoms with Gasteiger partial charge in [0.2, 0.25) is 0 Å². The number of hydrogen-bond donors (Lipinski definition) is 1. The van der Waals surface area contributed by atoms with Gasteiger partial charge in [0, 0.05) is 19.2 Å². The average Bonchev–Trinajstić information content (AvgIpc) is 2.55. The highest BCUT2D eigenvalue weighted by Gasteiger charge is 2.18. The van der Waals surface area contributed by atoms with Gasteiger partial charge in [-0.3, -0.25) is 4.68 Å². The molecule has 0 bridgehead atoms. The van der Waals surface area contributed by atoms with E-state index in [0.29, 0.717) is 0 Å². The van der Waals surface area contributed by atoms with Crippen molar-refractivity contribution < 1.29 is 0 Å². The van der Waals surface area contributed by atoms with E-state index in [4.69, 9.17) is 0 Å². The Morgan fingerprint density at radius 2 is 1.63 bits per heavy atom. The summed E-state index contributed by atoms with van der Waals surface area (Å²) in [4.78, 5) is 0. The molecule has 0 aliphatic rings. The SMILES string of the molecule is CNCc1c(-c2c(C)cc(C)cc2C)c(C)nn1C. The zero-order valence-electron chi connectivity index (χ0n) is 12.8. The van der Waals surface area contributed by atoms with Crippen LogP contribution in [0.25, 0.3) is 11.1 Å². The van der Waals surface area contributed by atoms with Gasteiger partial charge in [-0.1, -0.05) is 17.7 Å². The monoisotopic (exact) mass is 257 g/mol. The Morgan fingerprint density at radius 3 is 2.16 bits per heavy atom. The second-order valence-corrected chi connectivity index (χ2v) is 5.33. The highest BCUT2D eigenvalue weighted by atomic mass is 15.3. The molecular formula is C16H23N3. The van der Waals surface area contributed by atoms with Gasteiger partial charge in [-0.05, 0) is 51.4 Å². The molecule has 0 unspecified atom stereocenters. The zero-order chi connectivity index (χ0) is 14.2. The quantitative estimate of drug-likeness (QED) is 0.916. The third kappa shape index (κ3) is 2.43. The van der Waals surface area contributed by atoms with Crippen LogP contribution in [-0.4, -0.2) is 16.8 Å². The molecule has 0 atom stereocenters. The summed E-state index contributed by atoms with van der Waals surface area (Å²) in [5.41, 5.74) is 8.93. The van der Waals surface area contributed by atoms with Gasteiger partial charge in [0.05, 0.1) is 11.4 Å². The smallest absolute Gasteiger partial charge is 0.0675 e. The van der Waals surface area contributed by atoms with Gasteiger partial charge in [0.15, 0.2) is 0 Å². The number of nitrogens with zero attached hydrogens (tertiary/aromatic N) is 2. The van der Waals surface area contributed by atoms with Crippen LogP contribution in [0.4, 0.5) is 0 Å². The lowest BCUT2D eigenvalue weighted by molar-refractivity contribution is 0.669. The molecule has 0 amide bonds. The summed E-state index contributed by atoms with van der Waals surface area (Å²) in [6, 6.07) is 4.50. The highest BCUT2D eigenvalue weighted by molar-refractivity contribution is 5.75. The van der Waals surface area contributed by atoms with Crippen molar-refractivity contribution in [3.63, 3.8) is 0 Å². The fourth-order valence-electron chi connectivity index (χ4n) is 2.98. The molecule has 19 heavy (non-hydrogen) atoms. The molecular weight excluding hydrogens is 234 g/mol. The maximum Gasteiger partial charge on any atom is 0.0675 e. The van der Waals surface area contributed by atoms with Crippen LogP contribution in [0, 0.1) is 27.7 Å². The minimum absolute atomic E-state index is 0.833. The van der Waals surface area contributed by atoms with Gasteiger partial charge in [-0.15, -0.1) is 0 Å². The molecule has 1 heterocycles. The minimum Gasteiger partial charge on any atom is -0.314 e. The Morgan fingerprint density at radius 1 is 1.05 bits per heavy atom. The predicted molar refractivity (Wildman–Crippen MR) is 80.4 cm³/mol. The topological polar surface area (TPSA) is 29.9 Å². The lowest BCUT2D eigenvalue weighted by Crippen LogP contribution is -2.11. The van der Waals surface area contributed by atoms with E-state index in [-0.39, 0.29) is 0 Å². The predicted octanol–water partition coefficient (Wildman–Crippen LogP) is 3.04. The molecule has 102 valence electrons. The van der Waals surface area contributed by atoms with Crippen molar-refractivity contribution in [3.8, 4) is 11.1 Å². The van der Waals surface area contributed by atoms with Gasteiger partial charge < -0.3 is 5.32 Å². The van der Waals surface area contributed by atoms with Crippen LogP contribution in [0.3, 0.4) is 0 Å². The Balaban J connectivity index is 2.72. The standard InChI is InChI=1S/C16H23N3/c1-10-7-11(2)15(12(3)8-10)16-13(4)18-19(6)14(16)9-17-5/h7-8,17H,9H2,1-6H3. The Labute approximate surface area is 115 Å². The minimum atomic E-state index is 0.833. The van der Waals surface area contributed by atoms with Crippen LogP contribution in [0.2, 0.25) is 0 Å². The lowest BCUT2D eigenvalue weighted by Gasteiger charge is -2.13. The molecule has 0 fully saturated rings. The molecule has 0 saturated carbocycles. The van der Waals surface area contributed by atoms with Crippen LogP contribution in [0.15, 0.2) is 12.1 Å². The van der Waals surface area contributed by atoms with E-state index in [1.807, 2.05) is 18.8 Å². The first-order valence-electron chi connectivity index (χ1n) is 6.71. The van der Waals surface area contributed by atoms with Gasteiger partial charge in [-0.2, -0.15) is 5.10 Å². The molecule has 3 nitrogen and oxygen atoms in total. The van der Waals surface area contributed by atoms with Crippen molar-refractivity contribution in [2.75, 3.05) is 7.05 Å². The van der Waals surface area contributed by atoms with Crippen molar-refractivity contribution in [1.29, 1.82) is 0 Å². The first kappa shape index (κ1) is 13.8. The van der Waals surface area contributed by atoms with Crippen LogP contribution in [0.5, 0.6) is 0 Å². The number of benzene rings is 1. The summed E-state index contributed by atoms with van der Waals surface area (Å²) in [6.07, 6.45) is 0. The van der Waals surface area contributed by atoms with Gasteiger partial charge in [-0.25, -0.2) is 0 Å². The van der Waals surface area contributed by atoms with Crippen molar-refractivity contribution in [1.82, 2.24) is 15.1 Å². The number of aromatic nitrogens is 2. The maximum absolute atomic E-state index is 4.59. The van der Waals surface area contributed by atoms with Crippen molar-refractivity contribution in [3.05, 3.63) is 40.2 Å². The largest absolute Gasteiger partial charge is 0.314 e. The third-order valence-electron chi connectivity index (χ3n) is 3.61. The maximum atomic E-state index is 4.59. The molecule has 2 rings (SSSR count). The summed E-state index contributed by atoms with van der Waals surface area (Å²) < 4.78 is 1.99. The molecule has 3 heteroatoms. The van der Waals surface area contributed by atoms with E-state index in [2.05, 4.69) is 50.2 Å². The molecule has 1 N–H and O–H groups in total. The van der Waals surface area contributed by atoms with Gasteiger partial charge in [0.1, 0.15) is 0 Å². The van der Waals surface area contributed by atoms with E-state index in [1.165, 1.54) is 33.5 Å². The zero-order valence-corrected chi connectivity index (χ0v) is 12.8. The summed E-state index contributed by atoms with van der Waals surface area (Å²) in [5.74, 6) is 0. The fraction of sp³-hybridized carbons (Fsp3) is 0.438. The van der Waals surface area contributed by atoms with E-state index in [1.54, 1.807) is 0 Å². The third-order valence-corrected chi connectivity index (χ3v) is 3.61. The number of aryl methyl sites for hydroxylation is 5. The van der Waals surface area contributed by atoms with Crippen molar-refractivity contribution >= 4 is 0 Å². The molecule has 1 aromatic heterocycles. The average molecular weight is 257 g/mol. The van der Waals surface area contributed by atoms with E-state index in [9.17, 15) is 0 Å². The van der Waals surface area contributed by atoms with Crippen LogP contribution in [0.1, 0.15) is 28.1 Å². The fourth-order valence-corrected chi connectivity index (χ4v) is 2.98. The normalized spacial score (nSPS) is 11.1. The summed E-state index contributed by atoms with van der Waals surface area (Å²) in [7, 11) is 3.99. The first-order valence-corrected chi connectivity index (χ1v) is 6.71. The van der Waals surface area contributed by atoms with Gasteiger partial charge >= 0.3 is 0 Å². The van der Waals surface area contributed by atoms with E-state index >= 15 is 0 Å².